The fourth-order valence-corrected chi connectivity index (χ4v) is 16.5. The van der Waals surface area contributed by atoms with Crippen LogP contribution in [0, 0.1) is 5.92 Å². The number of para-hydroxylation sites is 1. The summed E-state index contributed by atoms with van der Waals surface area (Å²) < 4.78 is 46.2. The second kappa shape index (κ2) is 11.8. The first-order chi connectivity index (χ1) is 24.7. The maximum atomic E-state index is 16.0. The average Bonchev–Trinajstić information content (AvgIpc) is 3.48. The van der Waals surface area contributed by atoms with Crippen molar-refractivity contribution in [2.45, 2.75) is 92.4 Å². The Bertz CT molecular complexity index is 2260. The number of sulfone groups is 1. The third-order valence-electron chi connectivity index (χ3n) is 13.5. The van der Waals surface area contributed by atoms with Gasteiger partial charge in [-0.2, -0.15) is 0 Å². The van der Waals surface area contributed by atoms with Gasteiger partial charge >= 0.3 is 0 Å². The zero-order valence-corrected chi connectivity index (χ0v) is 31.4. The zero-order valence-electron chi connectivity index (χ0n) is 29.7. The van der Waals surface area contributed by atoms with Gasteiger partial charge in [0.2, 0.25) is 0 Å². The molecule has 1 fully saturated rings. The monoisotopic (exact) mass is 711 g/mol. The molecule has 0 aromatic heterocycles. The van der Waals surface area contributed by atoms with Crippen LogP contribution in [-0.2, 0) is 19.8 Å². The second-order valence-electron chi connectivity index (χ2n) is 15.4. The Morgan fingerprint density at radius 1 is 0.686 bits per heavy atom. The van der Waals surface area contributed by atoms with Crippen molar-refractivity contribution in [2.75, 3.05) is 4.90 Å². The number of nitrogens with zero attached hydrogens (tertiary/aromatic N) is 1. The molecule has 4 aliphatic rings. The van der Waals surface area contributed by atoms with Gasteiger partial charge in [0.25, 0.3) is 0 Å². The van der Waals surface area contributed by atoms with Gasteiger partial charge in [0, 0.05) is 39.1 Å². The Balaban J connectivity index is 1.31. The van der Waals surface area contributed by atoms with Crippen LogP contribution in [0.5, 0.6) is 0 Å². The summed E-state index contributed by atoms with van der Waals surface area (Å²) in [5, 5.41) is 1.90. The Hall–Kier alpha value is -3.92. The molecule has 0 N–H and O–H groups in total. The normalized spacial score (nSPS) is 28.6. The summed E-state index contributed by atoms with van der Waals surface area (Å²) in [7, 11) is -6.99. The summed E-state index contributed by atoms with van der Waals surface area (Å²) in [6, 6.07) is 43.4. The highest BCUT2D eigenvalue weighted by molar-refractivity contribution is 7.92. The van der Waals surface area contributed by atoms with Crippen molar-refractivity contribution in [3.63, 3.8) is 0 Å². The highest BCUT2D eigenvalue weighted by atomic mass is 32.2. The van der Waals surface area contributed by atoms with Crippen molar-refractivity contribution in [3.05, 3.63) is 150 Å². The van der Waals surface area contributed by atoms with Gasteiger partial charge in [-0.15, -0.1) is 0 Å². The van der Waals surface area contributed by atoms with Crippen LogP contribution in [0.3, 0.4) is 0 Å². The van der Waals surface area contributed by atoms with E-state index in [0.29, 0.717) is 17.2 Å². The number of benzene rings is 5. The van der Waals surface area contributed by atoms with Crippen LogP contribution in [0.4, 0.5) is 5.69 Å². The highest BCUT2D eigenvalue weighted by Crippen LogP contribution is 2.63. The predicted octanol–water partition coefficient (Wildman–Crippen LogP) is 8.87. The Kier molecular flexibility index (Phi) is 7.62. The summed E-state index contributed by atoms with van der Waals surface area (Å²) in [6.45, 7) is 6.96. The third kappa shape index (κ3) is 4.31. The van der Waals surface area contributed by atoms with Gasteiger partial charge in [-0.1, -0.05) is 129 Å². The lowest BCUT2D eigenvalue weighted by Gasteiger charge is -2.55. The van der Waals surface area contributed by atoms with E-state index in [1.165, 1.54) is 11.3 Å². The first kappa shape index (κ1) is 33.0. The molecule has 0 radical (unpaired) electrons. The standard InChI is InChI=1S/C45H46NO3PS/c1-4-44(3,5-2)46-38-23-13-9-19-32(38)33-27-28-37-43(30-29-39(33)46)51(48,49)42-26-16-12-22-36(42)45(37)34-20-10-14-24-40(34)50(47,31-17-7-6-8-18-31)41-25-15-11-21-35(41)45/h6-26,33,37,39,43H,4-5,27-30H2,1-3H3/t33?,37?,39-,43?,45?,50?/m0/s1. The molecular formula is C45H46NO3PS. The largest absolute Gasteiger partial charge is 0.362 e. The van der Waals surface area contributed by atoms with Crippen molar-refractivity contribution in [2.24, 2.45) is 5.92 Å². The van der Waals surface area contributed by atoms with Gasteiger partial charge < -0.3 is 9.46 Å². The molecule has 51 heavy (non-hydrogen) atoms. The summed E-state index contributed by atoms with van der Waals surface area (Å²) in [4.78, 5) is 3.12. The topological polar surface area (TPSA) is 54.5 Å². The van der Waals surface area contributed by atoms with E-state index in [4.69, 9.17) is 0 Å². The molecule has 1 saturated carbocycles. The summed E-state index contributed by atoms with van der Waals surface area (Å²) in [5.74, 6) is 0.0658. The second-order valence-corrected chi connectivity index (χ2v) is 20.3. The molecule has 5 aromatic carbocycles. The Morgan fingerprint density at radius 2 is 1.25 bits per heavy atom. The molecule has 4 nitrogen and oxygen atoms in total. The third-order valence-corrected chi connectivity index (χ3v) is 19.0. The number of rotatable bonds is 4. The van der Waals surface area contributed by atoms with Crippen LogP contribution in [0.25, 0.3) is 0 Å². The number of fused-ring (bicyclic) bond motifs is 11. The van der Waals surface area contributed by atoms with Crippen molar-refractivity contribution < 1.29 is 13.0 Å². The molecule has 3 unspecified atom stereocenters. The predicted molar refractivity (Wildman–Crippen MR) is 210 cm³/mol. The molecule has 5 aromatic rings. The summed E-state index contributed by atoms with van der Waals surface area (Å²) in [5.41, 5.74) is 4.76. The van der Waals surface area contributed by atoms with Gasteiger partial charge in [0.05, 0.1) is 15.6 Å². The fourth-order valence-electron chi connectivity index (χ4n) is 10.9. The van der Waals surface area contributed by atoms with Gasteiger partial charge in [0.1, 0.15) is 0 Å². The van der Waals surface area contributed by atoms with E-state index in [9.17, 15) is 0 Å². The van der Waals surface area contributed by atoms with Crippen molar-refractivity contribution >= 4 is 38.6 Å². The maximum absolute atomic E-state index is 16.0. The van der Waals surface area contributed by atoms with Crippen LogP contribution in [-0.4, -0.2) is 25.2 Å². The van der Waals surface area contributed by atoms with Crippen molar-refractivity contribution in [1.29, 1.82) is 0 Å². The minimum absolute atomic E-state index is 0.0206. The molecule has 3 aliphatic heterocycles. The number of hydrogen-bond acceptors (Lipinski definition) is 4. The molecule has 4 atom stereocenters. The number of anilines is 1. The van der Waals surface area contributed by atoms with Gasteiger partial charge in [-0.05, 0) is 85.8 Å². The molecule has 6 heteroatoms. The lowest BCUT2D eigenvalue weighted by atomic mass is 9.57. The van der Waals surface area contributed by atoms with E-state index in [0.717, 1.165) is 64.7 Å². The fraction of sp³-hybridized carbons (Fsp3) is 0.333. The molecule has 0 saturated heterocycles. The van der Waals surface area contributed by atoms with E-state index in [1.807, 2.05) is 60.7 Å². The first-order valence-corrected chi connectivity index (χ1v) is 22.1. The Morgan fingerprint density at radius 3 is 1.92 bits per heavy atom. The lowest BCUT2D eigenvalue weighted by Crippen LogP contribution is -2.58. The van der Waals surface area contributed by atoms with Crippen LogP contribution in [0.15, 0.2) is 132 Å². The SMILES string of the molecule is CCC(C)(CC)N1c2ccccc2C2CCC3C(CC[C@@H]21)S(=O)(=O)c1ccccc1C31c2ccccc2P(=O)(c2ccccc2)c2ccccc21. The highest BCUT2D eigenvalue weighted by Gasteiger charge is 2.62. The molecule has 9 rings (SSSR count). The smallest absolute Gasteiger partial charge is 0.181 e. The van der Waals surface area contributed by atoms with Crippen LogP contribution in [0.1, 0.15) is 87.5 Å². The van der Waals surface area contributed by atoms with Gasteiger partial charge in [0.15, 0.2) is 17.0 Å². The molecule has 0 amide bonds. The molecule has 1 aliphatic carbocycles. The molecule has 3 heterocycles. The molecule has 1 spiro atoms. The van der Waals surface area contributed by atoms with E-state index in [2.05, 4.69) is 92.4 Å². The zero-order chi connectivity index (χ0) is 35.2. The average molecular weight is 712 g/mol. The van der Waals surface area contributed by atoms with E-state index >= 15 is 13.0 Å². The molecular weight excluding hydrogens is 666 g/mol. The van der Waals surface area contributed by atoms with Gasteiger partial charge in [-0.25, -0.2) is 8.42 Å². The lowest BCUT2D eigenvalue weighted by molar-refractivity contribution is 0.245. The van der Waals surface area contributed by atoms with E-state index in [1.54, 1.807) is 0 Å². The summed E-state index contributed by atoms with van der Waals surface area (Å²) >= 11 is 0. The van der Waals surface area contributed by atoms with Crippen LogP contribution >= 0.6 is 7.14 Å². The quantitative estimate of drug-likeness (QED) is 0.175. The summed E-state index contributed by atoms with van der Waals surface area (Å²) in [6.07, 6.45) is 5.07. The minimum atomic E-state index is -3.69. The molecule has 260 valence electrons. The van der Waals surface area contributed by atoms with E-state index in [-0.39, 0.29) is 17.5 Å². The first-order valence-electron chi connectivity index (χ1n) is 18.8. The minimum Gasteiger partial charge on any atom is -0.362 e. The van der Waals surface area contributed by atoms with Crippen LogP contribution in [0.2, 0.25) is 0 Å². The van der Waals surface area contributed by atoms with Crippen molar-refractivity contribution in [1.82, 2.24) is 0 Å². The van der Waals surface area contributed by atoms with Gasteiger partial charge in [-0.3, -0.25) is 0 Å². The van der Waals surface area contributed by atoms with E-state index < -0.39 is 27.6 Å². The Labute approximate surface area is 303 Å². The number of hydrogen-bond donors (Lipinski definition) is 0. The van der Waals surface area contributed by atoms with Crippen LogP contribution < -0.4 is 20.8 Å². The van der Waals surface area contributed by atoms with Crippen molar-refractivity contribution in [3.8, 4) is 0 Å². The molecule has 0 bridgehead atoms. The maximum Gasteiger partial charge on any atom is 0.181 e.